The van der Waals surface area contributed by atoms with Crippen molar-refractivity contribution in [3.63, 3.8) is 0 Å². The van der Waals surface area contributed by atoms with Gasteiger partial charge in [0.1, 0.15) is 0 Å². The second-order valence-electron chi connectivity index (χ2n) is 4.09. The van der Waals surface area contributed by atoms with Gasteiger partial charge in [-0.1, -0.05) is 12.1 Å². The molecule has 1 atom stereocenters. The number of nitrogens with zero attached hydrogens (tertiary/aromatic N) is 2. The fourth-order valence-electron chi connectivity index (χ4n) is 1.70. The summed E-state index contributed by atoms with van der Waals surface area (Å²) >= 11 is 3.85. The van der Waals surface area contributed by atoms with Crippen LogP contribution in [0.15, 0.2) is 4.52 Å². The average molecular weight is 273 g/mol. The molecule has 1 aliphatic rings. The minimum atomic E-state index is 0.491. The second kappa shape index (κ2) is 7.28. The highest BCUT2D eigenvalue weighted by Gasteiger charge is 2.17. The first-order valence-electron chi connectivity index (χ1n) is 6.09. The Kier molecular flexibility index (Phi) is 5.67. The Balaban J connectivity index is 1.76. The summed E-state index contributed by atoms with van der Waals surface area (Å²) in [5.74, 6) is 5.98. The van der Waals surface area contributed by atoms with Crippen molar-refractivity contribution in [3.8, 4) is 0 Å². The van der Waals surface area contributed by atoms with Gasteiger partial charge in [0, 0.05) is 30.5 Å². The predicted molar refractivity (Wildman–Crippen MR) is 73.6 cm³/mol. The molecule has 0 radical (unpaired) electrons. The Morgan fingerprint density at radius 3 is 3.29 bits per heavy atom. The Bertz CT molecular complexity index is 326. The number of aromatic nitrogens is 2. The van der Waals surface area contributed by atoms with E-state index < -0.39 is 0 Å². The van der Waals surface area contributed by atoms with Crippen molar-refractivity contribution in [2.24, 2.45) is 0 Å². The summed E-state index contributed by atoms with van der Waals surface area (Å²) in [4.78, 5) is 4.43. The molecule has 2 rings (SSSR count). The van der Waals surface area contributed by atoms with Crippen LogP contribution < -0.4 is 5.32 Å². The van der Waals surface area contributed by atoms with Gasteiger partial charge in [0.2, 0.25) is 5.89 Å². The molecule has 0 bridgehead atoms. The minimum Gasteiger partial charge on any atom is -0.339 e. The number of rotatable bonds is 6. The molecule has 1 aliphatic heterocycles. The van der Waals surface area contributed by atoms with E-state index in [0.29, 0.717) is 6.04 Å². The fraction of sp³-hybridized carbons (Fsp3) is 0.818. The van der Waals surface area contributed by atoms with Gasteiger partial charge in [-0.05, 0) is 12.2 Å². The Morgan fingerprint density at radius 2 is 2.53 bits per heavy atom. The molecule has 96 valence electrons. The van der Waals surface area contributed by atoms with E-state index in [9.17, 15) is 0 Å². The van der Waals surface area contributed by atoms with Crippen LogP contribution in [0.4, 0.5) is 0 Å². The van der Waals surface area contributed by atoms with E-state index in [1.807, 2.05) is 23.5 Å². The summed E-state index contributed by atoms with van der Waals surface area (Å²) in [7, 11) is 0. The van der Waals surface area contributed by atoms with Crippen molar-refractivity contribution in [2.45, 2.75) is 31.6 Å². The highest BCUT2D eigenvalue weighted by atomic mass is 32.2. The Morgan fingerprint density at radius 1 is 1.59 bits per heavy atom. The van der Waals surface area contributed by atoms with Gasteiger partial charge in [0.25, 0.3) is 0 Å². The molecule has 2 heterocycles. The van der Waals surface area contributed by atoms with Gasteiger partial charge in [-0.25, -0.2) is 0 Å². The molecule has 0 amide bonds. The first-order valence-corrected chi connectivity index (χ1v) is 8.39. The van der Waals surface area contributed by atoms with Crippen molar-refractivity contribution in [1.82, 2.24) is 15.5 Å². The van der Waals surface area contributed by atoms with Crippen molar-refractivity contribution >= 4 is 23.5 Å². The highest BCUT2D eigenvalue weighted by molar-refractivity contribution is 7.99. The molecule has 1 N–H and O–H groups in total. The second-order valence-corrected chi connectivity index (χ2v) is 6.34. The van der Waals surface area contributed by atoms with E-state index >= 15 is 0 Å². The molecule has 0 aliphatic carbocycles. The predicted octanol–water partition coefficient (Wildman–Crippen LogP) is 1.96. The molecular weight excluding hydrogens is 254 g/mol. The van der Waals surface area contributed by atoms with Crippen molar-refractivity contribution in [2.75, 3.05) is 23.8 Å². The molecule has 1 aromatic heterocycles. The van der Waals surface area contributed by atoms with Gasteiger partial charge >= 0.3 is 0 Å². The SMILES string of the molecule is CCCSCc1noc(CC2CSCCN2)n1. The van der Waals surface area contributed by atoms with Crippen molar-refractivity contribution < 1.29 is 4.52 Å². The molecule has 1 saturated heterocycles. The van der Waals surface area contributed by atoms with E-state index in [0.717, 1.165) is 41.9 Å². The fourth-order valence-corrected chi connectivity index (χ4v) is 3.38. The molecule has 0 saturated carbocycles. The maximum absolute atomic E-state index is 5.27. The van der Waals surface area contributed by atoms with Gasteiger partial charge in [0.05, 0.1) is 5.75 Å². The maximum atomic E-state index is 5.27. The quantitative estimate of drug-likeness (QED) is 0.800. The number of nitrogens with one attached hydrogen (secondary N) is 1. The van der Waals surface area contributed by atoms with E-state index in [-0.39, 0.29) is 0 Å². The zero-order chi connectivity index (χ0) is 11.9. The summed E-state index contributed by atoms with van der Waals surface area (Å²) in [6, 6.07) is 0.491. The van der Waals surface area contributed by atoms with Gasteiger partial charge in [-0.3, -0.25) is 0 Å². The van der Waals surface area contributed by atoms with E-state index in [1.54, 1.807) is 0 Å². The molecule has 0 aromatic carbocycles. The summed E-state index contributed by atoms with van der Waals surface area (Å²) in [6.07, 6.45) is 2.05. The maximum Gasteiger partial charge on any atom is 0.228 e. The van der Waals surface area contributed by atoms with E-state index in [4.69, 9.17) is 4.52 Å². The van der Waals surface area contributed by atoms with Gasteiger partial charge in [-0.15, -0.1) is 0 Å². The van der Waals surface area contributed by atoms with E-state index in [2.05, 4.69) is 22.4 Å². The van der Waals surface area contributed by atoms with Gasteiger partial charge in [0.15, 0.2) is 5.82 Å². The van der Waals surface area contributed by atoms with Crippen LogP contribution in [0.1, 0.15) is 25.1 Å². The molecule has 1 fully saturated rings. The van der Waals surface area contributed by atoms with Crippen LogP contribution in [0.3, 0.4) is 0 Å². The summed E-state index contributed by atoms with van der Waals surface area (Å²) in [6.45, 7) is 3.27. The molecule has 4 nitrogen and oxygen atoms in total. The van der Waals surface area contributed by atoms with E-state index in [1.165, 1.54) is 12.2 Å². The van der Waals surface area contributed by atoms with Crippen LogP contribution in [0.25, 0.3) is 0 Å². The lowest BCUT2D eigenvalue weighted by Crippen LogP contribution is -2.38. The molecule has 1 aromatic rings. The van der Waals surface area contributed by atoms with Crippen LogP contribution in [0.2, 0.25) is 0 Å². The smallest absolute Gasteiger partial charge is 0.228 e. The van der Waals surface area contributed by atoms with Gasteiger partial charge < -0.3 is 9.84 Å². The molecule has 6 heteroatoms. The first kappa shape index (κ1) is 13.2. The first-order chi connectivity index (χ1) is 8.38. The Labute approximate surface area is 111 Å². The average Bonchev–Trinajstić information content (AvgIpc) is 2.79. The monoisotopic (exact) mass is 273 g/mol. The molecular formula is C11H19N3OS2. The third-order valence-corrected chi connectivity index (χ3v) is 4.80. The third kappa shape index (κ3) is 4.52. The number of hydrogen-bond acceptors (Lipinski definition) is 6. The zero-order valence-corrected chi connectivity index (χ0v) is 11.8. The lowest BCUT2D eigenvalue weighted by Gasteiger charge is -2.21. The lowest BCUT2D eigenvalue weighted by molar-refractivity contribution is 0.359. The van der Waals surface area contributed by atoms with Crippen molar-refractivity contribution in [3.05, 3.63) is 11.7 Å². The number of thioether (sulfide) groups is 2. The molecule has 0 spiro atoms. The summed E-state index contributed by atoms with van der Waals surface area (Å²) in [5, 5.41) is 7.49. The molecule has 17 heavy (non-hydrogen) atoms. The third-order valence-electron chi connectivity index (χ3n) is 2.51. The Hall–Kier alpha value is -0.200. The number of hydrogen-bond donors (Lipinski definition) is 1. The van der Waals surface area contributed by atoms with Crippen molar-refractivity contribution in [1.29, 1.82) is 0 Å². The topological polar surface area (TPSA) is 51.0 Å². The zero-order valence-electron chi connectivity index (χ0n) is 10.1. The normalized spacial score (nSPS) is 20.6. The van der Waals surface area contributed by atoms with Crippen LogP contribution in [-0.4, -0.2) is 40.0 Å². The summed E-state index contributed by atoms with van der Waals surface area (Å²) in [5.41, 5.74) is 0. The van der Waals surface area contributed by atoms with Crippen LogP contribution in [0.5, 0.6) is 0 Å². The van der Waals surface area contributed by atoms with Crippen LogP contribution >= 0.6 is 23.5 Å². The molecule has 1 unspecified atom stereocenters. The van der Waals surface area contributed by atoms with Crippen LogP contribution in [0, 0.1) is 0 Å². The largest absolute Gasteiger partial charge is 0.339 e. The lowest BCUT2D eigenvalue weighted by atomic mass is 10.2. The van der Waals surface area contributed by atoms with Crippen LogP contribution in [-0.2, 0) is 12.2 Å². The standard InChI is InChI=1S/C11H19N3OS2/c1-2-4-16-8-10-13-11(15-14-10)6-9-7-17-5-3-12-9/h9,12H,2-8H2,1H3. The van der Waals surface area contributed by atoms with Gasteiger partial charge in [-0.2, -0.15) is 28.5 Å². The minimum absolute atomic E-state index is 0.491. The highest BCUT2D eigenvalue weighted by Crippen LogP contribution is 2.14. The summed E-state index contributed by atoms with van der Waals surface area (Å²) < 4.78 is 5.27.